The molecule has 1 aliphatic heterocycles. The lowest BCUT2D eigenvalue weighted by atomic mass is 9.83. The molecule has 1 aliphatic rings. The first-order valence-electron chi connectivity index (χ1n) is 8.91. The molecule has 1 heterocycles. The van der Waals surface area contributed by atoms with Crippen LogP contribution in [0.1, 0.15) is 61.8 Å². The Kier molecular flexibility index (Phi) is 7.40. The van der Waals surface area contributed by atoms with E-state index in [2.05, 4.69) is 5.32 Å². The van der Waals surface area contributed by atoms with E-state index < -0.39 is 11.2 Å². The summed E-state index contributed by atoms with van der Waals surface area (Å²) in [5.74, 6) is -0.290. The Bertz CT molecular complexity index is 571. The first kappa shape index (κ1) is 22.6. The number of carbonyl (C=O) groups excluding carboxylic acids is 2. The number of rotatable bonds is 5. The van der Waals surface area contributed by atoms with E-state index >= 15 is 0 Å². The number of dihydropyridines is 1. The molecule has 0 radical (unpaired) electrons. The van der Waals surface area contributed by atoms with E-state index in [0.29, 0.717) is 17.6 Å². The second-order valence-corrected chi connectivity index (χ2v) is 9.53. The molecule has 0 aromatic carbocycles. The van der Waals surface area contributed by atoms with Gasteiger partial charge in [0.2, 0.25) is 0 Å². The maximum Gasteiger partial charge on any atom is 0.336 e. The Morgan fingerprint density at radius 2 is 1.31 bits per heavy atom. The van der Waals surface area contributed by atoms with Crippen molar-refractivity contribution in [2.45, 2.75) is 73.0 Å². The molecule has 0 fully saturated rings. The second kappa shape index (κ2) is 8.51. The van der Waals surface area contributed by atoms with E-state index in [1.54, 1.807) is 11.8 Å². The summed E-state index contributed by atoms with van der Waals surface area (Å²) in [5.41, 5.74) is 1.29. The lowest BCUT2D eigenvalue weighted by molar-refractivity contribution is -0.151. The second-order valence-electron chi connectivity index (χ2n) is 8.54. The maximum atomic E-state index is 12.9. The number of esters is 2. The monoisotopic (exact) mass is 383 g/mol. The minimum atomic E-state index is -0.600. The minimum Gasteiger partial charge on any atom is -0.457 e. The molecule has 0 spiro atoms. The molecule has 0 unspecified atom stereocenters. The Balaban J connectivity index is 3.30. The zero-order valence-electron chi connectivity index (χ0n) is 17.5. The predicted octanol–water partition coefficient (Wildman–Crippen LogP) is 4.19. The lowest BCUT2D eigenvalue weighted by Gasteiger charge is -2.33. The van der Waals surface area contributed by atoms with Gasteiger partial charge in [0.15, 0.2) is 0 Å². The van der Waals surface area contributed by atoms with Gasteiger partial charge >= 0.3 is 11.9 Å². The van der Waals surface area contributed by atoms with Gasteiger partial charge in [0, 0.05) is 17.3 Å². The van der Waals surface area contributed by atoms with Gasteiger partial charge in [0.1, 0.15) is 11.2 Å². The van der Waals surface area contributed by atoms with Gasteiger partial charge in [0.25, 0.3) is 0 Å². The van der Waals surface area contributed by atoms with Gasteiger partial charge in [-0.2, -0.15) is 11.8 Å². The largest absolute Gasteiger partial charge is 0.457 e. The van der Waals surface area contributed by atoms with E-state index in [1.165, 1.54) is 0 Å². The van der Waals surface area contributed by atoms with Crippen LogP contribution in [0.3, 0.4) is 0 Å². The Labute approximate surface area is 162 Å². The van der Waals surface area contributed by atoms with Crippen LogP contribution in [0, 0.1) is 5.92 Å². The van der Waals surface area contributed by atoms with Crippen molar-refractivity contribution in [3.05, 3.63) is 22.5 Å². The molecule has 1 rings (SSSR count). The molecule has 0 amide bonds. The normalized spacial score (nSPS) is 16.5. The minimum absolute atomic E-state index is 0.339. The summed E-state index contributed by atoms with van der Waals surface area (Å²) in [6.45, 7) is 14.7. The molecule has 0 aliphatic carbocycles. The molecule has 0 aromatic heterocycles. The molecule has 1 N–H and O–H groups in total. The van der Waals surface area contributed by atoms with Crippen molar-refractivity contribution in [2.24, 2.45) is 5.92 Å². The van der Waals surface area contributed by atoms with Crippen molar-refractivity contribution in [3.8, 4) is 0 Å². The molecule has 0 saturated carbocycles. The molecule has 148 valence electrons. The van der Waals surface area contributed by atoms with Crippen molar-refractivity contribution >= 4 is 23.7 Å². The van der Waals surface area contributed by atoms with Crippen LogP contribution < -0.4 is 5.32 Å². The molecule has 0 aromatic rings. The zero-order chi connectivity index (χ0) is 20.3. The third kappa shape index (κ3) is 6.38. The lowest BCUT2D eigenvalue weighted by Crippen LogP contribution is -2.37. The fourth-order valence-electron chi connectivity index (χ4n) is 2.86. The van der Waals surface area contributed by atoms with Crippen molar-refractivity contribution in [1.82, 2.24) is 5.32 Å². The summed E-state index contributed by atoms with van der Waals surface area (Å²) >= 11 is 1.68. The number of hydrogen-bond donors (Lipinski definition) is 1. The average molecular weight is 384 g/mol. The smallest absolute Gasteiger partial charge is 0.336 e. The molecule has 5 nitrogen and oxygen atoms in total. The Morgan fingerprint density at radius 1 is 0.923 bits per heavy atom. The van der Waals surface area contributed by atoms with E-state index in [0.717, 1.165) is 17.1 Å². The van der Waals surface area contributed by atoms with E-state index in [9.17, 15) is 9.59 Å². The van der Waals surface area contributed by atoms with Crippen LogP contribution in [0.4, 0.5) is 0 Å². The first-order chi connectivity index (χ1) is 11.8. The number of nitrogens with one attached hydrogen (secondary N) is 1. The van der Waals surface area contributed by atoms with E-state index in [1.807, 2.05) is 61.6 Å². The summed E-state index contributed by atoms with van der Waals surface area (Å²) in [5, 5.41) is 3.17. The van der Waals surface area contributed by atoms with Crippen LogP contribution in [0.2, 0.25) is 0 Å². The third-order valence-corrected chi connectivity index (χ3v) is 4.37. The SMILES string of the molecule is CSCCC1C(C(=O)OC(C)(C)C)=C(C)NC(C)=C1C(=O)OC(C)(C)C. The molecular weight excluding hydrogens is 350 g/mol. The summed E-state index contributed by atoms with van der Waals surface area (Å²) in [7, 11) is 0. The number of hydrogen-bond acceptors (Lipinski definition) is 6. The fourth-order valence-corrected chi connectivity index (χ4v) is 3.34. The number of allylic oxidation sites excluding steroid dienone is 2. The summed E-state index contributed by atoms with van der Waals surface area (Å²) in [6, 6.07) is 0. The molecule has 0 atom stereocenters. The Hall–Kier alpha value is -1.43. The van der Waals surface area contributed by atoms with Crippen molar-refractivity contribution in [2.75, 3.05) is 12.0 Å². The number of ether oxygens (including phenoxy) is 2. The molecule has 0 bridgehead atoms. The van der Waals surface area contributed by atoms with Crippen molar-refractivity contribution in [1.29, 1.82) is 0 Å². The van der Waals surface area contributed by atoms with Crippen LogP contribution >= 0.6 is 11.8 Å². The fraction of sp³-hybridized carbons (Fsp3) is 0.700. The van der Waals surface area contributed by atoms with Gasteiger partial charge in [-0.1, -0.05) is 0 Å². The highest BCUT2D eigenvalue weighted by Gasteiger charge is 2.38. The van der Waals surface area contributed by atoms with Gasteiger partial charge in [-0.15, -0.1) is 0 Å². The molecule has 0 saturated heterocycles. The average Bonchev–Trinajstić information content (AvgIpc) is 2.39. The highest BCUT2D eigenvalue weighted by Crippen LogP contribution is 2.35. The summed E-state index contributed by atoms with van der Waals surface area (Å²) in [6.07, 6.45) is 2.68. The predicted molar refractivity (Wildman–Crippen MR) is 107 cm³/mol. The van der Waals surface area contributed by atoms with Crippen molar-refractivity contribution in [3.63, 3.8) is 0 Å². The quantitative estimate of drug-likeness (QED) is 0.718. The highest BCUT2D eigenvalue weighted by molar-refractivity contribution is 7.98. The molecular formula is C20H33NO4S. The number of thioether (sulfide) groups is 1. The number of carbonyl (C=O) groups is 2. The highest BCUT2D eigenvalue weighted by atomic mass is 32.2. The van der Waals surface area contributed by atoms with Crippen LogP contribution in [0.25, 0.3) is 0 Å². The standard InChI is InChI=1S/C20H33NO4S/c1-12-15(17(22)24-19(3,4)5)14(10-11-26-9)16(13(2)21-12)18(23)25-20(6,7)8/h14,21H,10-11H2,1-9H3. The van der Waals surface area contributed by atoms with Crippen LogP contribution in [0.15, 0.2) is 22.5 Å². The van der Waals surface area contributed by atoms with Crippen LogP contribution in [0.5, 0.6) is 0 Å². The van der Waals surface area contributed by atoms with Gasteiger partial charge in [0.05, 0.1) is 11.1 Å². The van der Waals surface area contributed by atoms with Gasteiger partial charge in [-0.3, -0.25) is 0 Å². The van der Waals surface area contributed by atoms with Crippen LogP contribution in [-0.4, -0.2) is 35.1 Å². The van der Waals surface area contributed by atoms with Gasteiger partial charge < -0.3 is 14.8 Å². The zero-order valence-corrected chi connectivity index (χ0v) is 18.3. The molecule has 6 heteroatoms. The van der Waals surface area contributed by atoms with E-state index in [4.69, 9.17) is 9.47 Å². The summed E-state index contributed by atoms with van der Waals surface area (Å²) < 4.78 is 11.2. The van der Waals surface area contributed by atoms with Crippen LogP contribution in [-0.2, 0) is 19.1 Å². The Morgan fingerprint density at radius 3 is 1.62 bits per heavy atom. The topological polar surface area (TPSA) is 64.6 Å². The summed E-state index contributed by atoms with van der Waals surface area (Å²) in [4.78, 5) is 25.7. The van der Waals surface area contributed by atoms with E-state index in [-0.39, 0.29) is 17.9 Å². The molecule has 26 heavy (non-hydrogen) atoms. The maximum absolute atomic E-state index is 12.9. The van der Waals surface area contributed by atoms with Gasteiger partial charge in [-0.25, -0.2) is 9.59 Å². The van der Waals surface area contributed by atoms with Gasteiger partial charge in [-0.05, 0) is 73.8 Å². The first-order valence-corrected chi connectivity index (χ1v) is 10.3. The third-order valence-electron chi connectivity index (χ3n) is 3.73. The van der Waals surface area contributed by atoms with Crippen molar-refractivity contribution < 1.29 is 19.1 Å².